The Bertz CT molecular complexity index is 990. The van der Waals surface area contributed by atoms with Crippen LogP contribution >= 0.6 is 11.3 Å². The van der Waals surface area contributed by atoms with E-state index in [0.717, 1.165) is 26.8 Å². The Labute approximate surface area is 180 Å². The molecule has 0 spiro atoms. The number of nitrogens with zero attached hydrogens (tertiary/aromatic N) is 1. The van der Waals surface area contributed by atoms with E-state index in [0.29, 0.717) is 36.1 Å². The quantitative estimate of drug-likeness (QED) is 0.518. The molecule has 0 aliphatic heterocycles. The average molecular weight is 431 g/mol. The van der Waals surface area contributed by atoms with Gasteiger partial charge in [0.1, 0.15) is 5.01 Å². The zero-order valence-corrected chi connectivity index (χ0v) is 18.6. The molecule has 0 bridgehead atoms. The molecule has 160 valence electrons. The Hall–Kier alpha value is -2.97. The molecule has 30 heavy (non-hydrogen) atoms. The minimum absolute atomic E-state index is 0.565. The molecule has 7 nitrogen and oxygen atoms in total. The first-order chi connectivity index (χ1) is 14.7. The van der Waals surface area contributed by atoms with Gasteiger partial charge in [-0.25, -0.2) is 4.98 Å². The second kappa shape index (κ2) is 10.2. The largest absolute Gasteiger partial charge is 0.493 e. The molecule has 0 amide bonds. The molecule has 0 unspecified atom stereocenters. The third-order valence-corrected chi connectivity index (χ3v) is 5.63. The van der Waals surface area contributed by atoms with Gasteiger partial charge in [0.25, 0.3) is 0 Å². The van der Waals surface area contributed by atoms with Gasteiger partial charge in [-0.15, -0.1) is 11.3 Å². The van der Waals surface area contributed by atoms with Crippen molar-refractivity contribution in [3.63, 3.8) is 0 Å². The summed E-state index contributed by atoms with van der Waals surface area (Å²) in [7, 11) is 8.09. The highest BCUT2D eigenvalue weighted by atomic mass is 32.1. The van der Waals surface area contributed by atoms with Crippen LogP contribution in [-0.2, 0) is 13.1 Å². The maximum atomic E-state index is 5.59. The Kier molecular flexibility index (Phi) is 7.37. The van der Waals surface area contributed by atoms with Gasteiger partial charge in [-0.3, -0.25) is 0 Å². The zero-order chi connectivity index (χ0) is 21.5. The first-order valence-corrected chi connectivity index (χ1v) is 10.1. The molecule has 1 heterocycles. The number of ether oxygens (including phenoxy) is 5. The van der Waals surface area contributed by atoms with Crippen LogP contribution < -0.4 is 29.0 Å². The summed E-state index contributed by atoms with van der Waals surface area (Å²) in [4.78, 5) is 5.54. The molecule has 0 fully saturated rings. The standard InChI is InChI=1S/C22H26N2O5S/c1-25-16-8-6-7-14(20(16)27-3)11-23-13-19-24-12-18(30-19)15-9-10-17(26-2)22(29-5)21(15)28-4/h6-10,12,23H,11,13H2,1-5H3. The number of methoxy groups -OCH3 is 5. The number of benzene rings is 2. The third kappa shape index (κ3) is 4.44. The van der Waals surface area contributed by atoms with Crippen molar-refractivity contribution >= 4 is 11.3 Å². The summed E-state index contributed by atoms with van der Waals surface area (Å²) in [5.41, 5.74) is 1.93. The Morgan fingerprint density at radius 2 is 1.47 bits per heavy atom. The lowest BCUT2D eigenvalue weighted by Crippen LogP contribution is -2.13. The molecular weight excluding hydrogens is 404 g/mol. The highest BCUT2D eigenvalue weighted by Crippen LogP contribution is 2.45. The fraction of sp³-hybridized carbons (Fsp3) is 0.318. The van der Waals surface area contributed by atoms with Gasteiger partial charge >= 0.3 is 0 Å². The Morgan fingerprint density at radius 3 is 2.13 bits per heavy atom. The number of para-hydroxylation sites is 1. The van der Waals surface area contributed by atoms with Gasteiger partial charge in [0.05, 0.1) is 40.4 Å². The van der Waals surface area contributed by atoms with Gasteiger partial charge in [-0.1, -0.05) is 12.1 Å². The fourth-order valence-electron chi connectivity index (χ4n) is 3.21. The zero-order valence-electron chi connectivity index (χ0n) is 17.8. The van der Waals surface area contributed by atoms with Crippen LogP contribution in [0.5, 0.6) is 28.7 Å². The number of nitrogens with one attached hydrogen (secondary N) is 1. The maximum absolute atomic E-state index is 5.59. The average Bonchev–Trinajstić information content (AvgIpc) is 3.26. The van der Waals surface area contributed by atoms with E-state index in [4.69, 9.17) is 23.7 Å². The lowest BCUT2D eigenvalue weighted by atomic mass is 10.1. The molecule has 3 rings (SSSR count). The van der Waals surface area contributed by atoms with Crippen molar-refractivity contribution in [1.82, 2.24) is 10.3 Å². The van der Waals surface area contributed by atoms with E-state index >= 15 is 0 Å². The Morgan fingerprint density at radius 1 is 0.767 bits per heavy atom. The summed E-state index contributed by atoms with van der Waals surface area (Å²) in [6, 6.07) is 9.65. The molecule has 0 aliphatic carbocycles. The van der Waals surface area contributed by atoms with Crippen molar-refractivity contribution < 1.29 is 23.7 Å². The molecule has 0 atom stereocenters. The van der Waals surface area contributed by atoms with Gasteiger partial charge in [-0.2, -0.15) is 0 Å². The minimum atomic E-state index is 0.565. The number of thiazole rings is 1. The van der Waals surface area contributed by atoms with Gasteiger partial charge < -0.3 is 29.0 Å². The SMILES string of the molecule is COc1cccc(CNCc2ncc(-c3ccc(OC)c(OC)c3OC)s2)c1OC. The van der Waals surface area contributed by atoms with Crippen LogP contribution in [0.1, 0.15) is 10.6 Å². The summed E-state index contributed by atoms with van der Waals surface area (Å²) in [5.74, 6) is 3.27. The highest BCUT2D eigenvalue weighted by Gasteiger charge is 2.18. The first-order valence-electron chi connectivity index (χ1n) is 9.31. The fourth-order valence-corrected chi connectivity index (χ4v) is 4.12. The van der Waals surface area contributed by atoms with E-state index in [1.165, 1.54) is 0 Å². The van der Waals surface area contributed by atoms with Crippen molar-refractivity contribution in [2.75, 3.05) is 35.5 Å². The number of hydrogen-bond acceptors (Lipinski definition) is 8. The molecule has 8 heteroatoms. The summed E-state index contributed by atoms with van der Waals surface area (Å²) < 4.78 is 27.3. The van der Waals surface area contributed by atoms with E-state index in [-0.39, 0.29) is 0 Å². The highest BCUT2D eigenvalue weighted by molar-refractivity contribution is 7.15. The van der Waals surface area contributed by atoms with E-state index in [9.17, 15) is 0 Å². The number of aromatic nitrogens is 1. The van der Waals surface area contributed by atoms with Crippen molar-refractivity contribution in [2.45, 2.75) is 13.1 Å². The molecule has 0 saturated heterocycles. The summed E-state index contributed by atoms with van der Waals surface area (Å²) in [6.07, 6.45) is 1.84. The molecule has 1 N–H and O–H groups in total. The van der Waals surface area contributed by atoms with Crippen LogP contribution in [0.3, 0.4) is 0 Å². The maximum Gasteiger partial charge on any atom is 0.203 e. The van der Waals surface area contributed by atoms with Crippen molar-refractivity contribution in [3.05, 3.63) is 47.1 Å². The van der Waals surface area contributed by atoms with Crippen LogP contribution in [0.2, 0.25) is 0 Å². The van der Waals surface area contributed by atoms with Crippen LogP contribution in [0.25, 0.3) is 10.4 Å². The second-order valence-electron chi connectivity index (χ2n) is 6.26. The lowest BCUT2D eigenvalue weighted by Gasteiger charge is -2.14. The summed E-state index contributed by atoms with van der Waals surface area (Å²) in [6.45, 7) is 1.26. The summed E-state index contributed by atoms with van der Waals surface area (Å²) >= 11 is 1.59. The van der Waals surface area contributed by atoms with Crippen molar-refractivity contribution in [2.24, 2.45) is 0 Å². The van der Waals surface area contributed by atoms with E-state index in [1.807, 2.05) is 36.5 Å². The minimum Gasteiger partial charge on any atom is -0.493 e. The predicted molar refractivity (Wildman–Crippen MR) is 117 cm³/mol. The van der Waals surface area contributed by atoms with Gasteiger partial charge in [0, 0.05) is 30.4 Å². The van der Waals surface area contributed by atoms with Gasteiger partial charge in [0.15, 0.2) is 23.0 Å². The number of hydrogen-bond donors (Lipinski definition) is 1. The van der Waals surface area contributed by atoms with E-state index in [1.54, 1.807) is 46.9 Å². The van der Waals surface area contributed by atoms with Crippen LogP contribution in [0.15, 0.2) is 36.5 Å². The van der Waals surface area contributed by atoms with Crippen molar-refractivity contribution in [3.8, 4) is 39.2 Å². The Balaban J connectivity index is 1.74. The third-order valence-electron chi connectivity index (χ3n) is 4.60. The lowest BCUT2D eigenvalue weighted by molar-refractivity contribution is 0.325. The van der Waals surface area contributed by atoms with Gasteiger partial charge in [-0.05, 0) is 18.2 Å². The molecule has 0 aliphatic rings. The molecule has 3 aromatic rings. The topological polar surface area (TPSA) is 71.1 Å². The predicted octanol–water partition coefficient (Wildman–Crippen LogP) is 4.14. The van der Waals surface area contributed by atoms with Crippen LogP contribution in [-0.4, -0.2) is 40.5 Å². The molecule has 1 aromatic heterocycles. The molecule has 0 saturated carbocycles. The van der Waals surface area contributed by atoms with Gasteiger partial charge in [0.2, 0.25) is 5.75 Å². The first kappa shape index (κ1) is 21.7. The monoisotopic (exact) mass is 430 g/mol. The molecule has 0 radical (unpaired) electrons. The number of rotatable bonds is 10. The normalized spacial score (nSPS) is 10.6. The second-order valence-corrected chi connectivity index (χ2v) is 7.37. The molecular formula is C22H26N2O5S. The van der Waals surface area contributed by atoms with E-state index in [2.05, 4.69) is 10.3 Å². The summed E-state index contributed by atoms with van der Waals surface area (Å²) in [5, 5.41) is 4.38. The van der Waals surface area contributed by atoms with E-state index < -0.39 is 0 Å². The van der Waals surface area contributed by atoms with Crippen molar-refractivity contribution in [1.29, 1.82) is 0 Å². The van der Waals surface area contributed by atoms with Crippen LogP contribution in [0.4, 0.5) is 0 Å². The smallest absolute Gasteiger partial charge is 0.203 e. The van der Waals surface area contributed by atoms with Crippen LogP contribution in [0, 0.1) is 0 Å². The molecule has 2 aromatic carbocycles.